The van der Waals surface area contributed by atoms with E-state index in [4.69, 9.17) is 0 Å². The first-order valence-corrected chi connectivity index (χ1v) is 10.3. The molecule has 24 heavy (non-hydrogen) atoms. The Balaban J connectivity index is 2.28. The molecule has 0 bridgehead atoms. The van der Waals surface area contributed by atoms with Crippen molar-refractivity contribution in [1.29, 1.82) is 0 Å². The summed E-state index contributed by atoms with van der Waals surface area (Å²) in [5.41, 5.74) is 0. The second-order valence-corrected chi connectivity index (χ2v) is 7.14. The Labute approximate surface area is 148 Å². The van der Waals surface area contributed by atoms with Crippen LogP contribution in [0.15, 0.2) is 0 Å². The monoisotopic (exact) mass is 338 g/mol. The van der Waals surface area contributed by atoms with Gasteiger partial charge in [-0.3, -0.25) is 14.5 Å². The van der Waals surface area contributed by atoms with Crippen molar-refractivity contribution in [1.82, 2.24) is 10.2 Å². The first-order valence-electron chi connectivity index (χ1n) is 10.3. The van der Waals surface area contributed by atoms with Crippen molar-refractivity contribution in [3.8, 4) is 0 Å². The summed E-state index contributed by atoms with van der Waals surface area (Å²) in [5.74, 6) is 0.0357. The second kappa shape index (κ2) is 13.4. The lowest BCUT2D eigenvalue weighted by Crippen LogP contribution is -2.37. The number of amides is 2. The Morgan fingerprint density at radius 1 is 0.833 bits per heavy atom. The highest BCUT2D eigenvalue weighted by Crippen LogP contribution is 2.15. The van der Waals surface area contributed by atoms with Gasteiger partial charge in [-0.05, 0) is 25.8 Å². The van der Waals surface area contributed by atoms with Crippen LogP contribution in [0.4, 0.5) is 0 Å². The van der Waals surface area contributed by atoms with Gasteiger partial charge in [0.25, 0.3) is 0 Å². The quantitative estimate of drug-likeness (QED) is 0.355. The van der Waals surface area contributed by atoms with Gasteiger partial charge >= 0.3 is 0 Å². The first kappa shape index (κ1) is 21.1. The molecule has 4 heteroatoms. The highest BCUT2D eigenvalue weighted by atomic mass is 16.2. The maximum atomic E-state index is 11.7. The van der Waals surface area contributed by atoms with Crippen LogP contribution in [0.3, 0.4) is 0 Å². The van der Waals surface area contributed by atoms with Gasteiger partial charge in [0, 0.05) is 25.4 Å². The largest absolute Gasteiger partial charge is 0.314 e. The van der Waals surface area contributed by atoms with E-state index in [1.54, 1.807) is 0 Å². The molecule has 0 spiro atoms. The predicted octanol–water partition coefficient (Wildman–Crippen LogP) is 4.42. The van der Waals surface area contributed by atoms with E-state index in [-0.39, 0.29) is 11.8 Å². The van der Waals surface area contributed by atoms with Gasteiger partial charge in [0.2, 0.25) is 11.8 Å². The molecule has 1 heterocycles. The lowest BCUT2D eigenvalue weighted by atomic mass is 10.0. The standard InChI is InChI=1S/C20H38N2O2/c1-3-5-7-9-11-16-21-18(12-10-8-6-4-2)15-17-22-19(23)13-14-20(22)24/h18,21H,3-17H2,1-2H3. The number of hydrogen-bond acceptors (Lipinski definition) is 3. The molecule has 1 rings (SSSR count). The summed E-state index contributed by atoms with van der Waals surface area (Å²) in [4.78, 5) is 25.0. The Hall–Kier alpha value is -0.900. The number of nitrogens with zero attached hydrogens (tertiary/aromatic N) is 1. The average Bonchev–Trinajstić information content (AvgIpc) is 2.90. The van der Waals surface area contributed by atoms with Gasteiger partial charge in [-0.1, -0.05) is 65.2 Å². The molecule has 1 unspecified atom stereocenters. The summed E-state index contributed by atoms with van der Waals surface area (Å²) >= 11 is 0. The summed E-state index contributed by atoms with van der Waals surface area (Å²) < 4.78 is 0. The average molecular weight is 339 g/mol. The molecule has 0 radical (unpaired) electrons. The normalized spacial score (nSPS) is 16.2. The zero-order chi connectivity index (χ0) is 17.6. The van der Waals surface area contributed by atoms with Crippen LogP contribution >= 0.6 is 0 Å². The van der Waals surface area contributed by atoms with Gasteiger partial charge in [-0.2, -0.15) is 0 Å². The van der Waals surface area contributed by atoms with Crippen molar-refractivity contribution in [2.45, 2.75) is 103 Å². The van der Waals surface area contributed by atoms with Gasteiger partial charge in [0.05, 0.1) is 0 Å². The van der Waals surface area contributed by atoms with Crippen LogP contribution < -0.4 is 5.32 Å². The van der Waals surface area contributed by atoms with E-state index in [0.717, 1.165) is 19.4 Å². The summed E-state index contributed by atoms with van der Waals surface area (Å²) in [6.45, 7) is 6.13. The van der Waals surface area contributed by atoms with Crippen LogP contribution in [0, 0.1) is 0 Å². The zero-order valence-corrected chi connectivity index (χ0v) is 15.9. The molecule has 1 N–H and O–H groups in total. The van der Waals surface area contributed by atoms with Crippen molar-refractivity contribution in [3.05, 3.63) is 0 Å². The number of carbonyl (C=O) groups excluding carboxylic acids is 2. The molecular weight excluding hydrogens is 300 g/mol. The fourth-order valence-corrected chi connectivity index (χ4v) is 3.36. The number of hydrogen-bond donors (Lipinski definition) is 1. The highest BCUT2D eigenvalue weighted by Gasteiger charge is 2.28. The van der Waals surface area contributed by atoms with E-state index >= 15 is 0 Å². The third kappa shape index (κ3) is 8.81. The molecule has 1 fully saturated rings. The van der Waals surface area contributed by atoms with Gasteiger partial charge in [-0.15, -0.1) is 0 Å². The number of carbonyl (C=O) groups is 2. The van der Waals surface area contributed by atoms with Crippen LogP contribution in [0.5, 0.6) is 0 Å². The topological polar surface area (TPSA) is 49.4 Å². The van der Waals surface area contributed by atoms with Crippen LogP contribution in [0.2, 0.25) is 0 Å². The molecule has 2 amide bonds. The molecule has 1 aliphatic heterocycles. The summed E-state index contributed by atoms with van der Waals surface area (Å²) in [5, 5.41) is 3.68. The lowest BCUT2D eigenvalue weighted by molar-refractivity contribution is -0.138. The van der Waals surface area contributed by atoms with Crippen molar-refractivity contribution >= 4 is 11.8 Å². The minimum absolute atomic E-state index is 0.0179. The molecule has 1 saturated heterocycles. The molecule has 4 nitrogen and oxygen atoms in total. The van der Waals surface area contributed by atoms with Crippen LogP contribution in [0.1, 0.15) is 97.3 Å². The van der Waals surface area contributed by atoms with Gasteiger partial charge < -0.3 is 5.32 Å². The zero-order valence-electron chi connectivity index (χ0n) is 15.9. The van der Waals surface area contributed by atoms with E-state index in [0.29, 0.717) is 25.4 Å². The van der Waals surface area contributed by atoms with E-state index in [9.17, 15) is 9.59 Å². The van der Waals surface area contributed by atoms with E-state index in [1.807, 2.05) is 0 Å². The minimum atomic E-state index is 0.0179. The van der Waals surface area contributed by atoms with Crippen molar-refractivity contribution in [3.63, 3.8) is 0 Å². The minimum Gasteiger partial charge on any atom is -0.314 e. The number of imide groups is 1. The number of rotatable bonds is 15. The molecule has 140 valence electrons. The van der Waals surface area contributed by atoms with Crippen LogP contribution in [0.25, 0.3) is 0 Å². The molecule has 0 aromatic carbocycles. The second-order valence-electron chi connectivity index (χ2n) is 7.14. The molecule has 1 atom stereocenters. The van der Waals surface area contributed by atoms with Crippen LogP contribution in [-0.4, -0.2) is 35.8 Å². The fourth-order valence-electron chi connectivity index (χ4n) is 3.36. The number of likely N-dealkylation sites (tertiary alicyclic amines) is 1. The molecule has 1 aliphatic rings. The molecule has 0 aromatic rings. The maximum absolute atomic E-state index is 11.7. The van der Waals surface area contributed by atoms with Crippen LogP contribution in [-0.2, 0) is 9.59 Å². The smallest absolute Gasteiger partial charge is 0.229 e. The van der Waals surface area contributed by atoms with E-state index < -0.39 is 0 Å². The Morgan fingerprint density at radius 3 is 2.04 bits per heavy atom. The predicted molar refractivity (Wildman–Crippen MR) is 99.9 cm³/mol. The third-order valence-corrected chi connectivity index (χ3v) is 4.98. The van der Waals surface area contributed by atoms with Crippen molar-refractivity contribution in [2.24, 2.45) is 0 Å². The number of nitrogens with one attached hydrogen (secondary N) is 1. The van der Waals surface area contributed by atoms with Crippen molar-refractivity contribution < 1.29 is 9.59 Å². The van der Waals surface area contributed by atoms with Gasteiger partial charge in [0.15, 0.2) is 0 Å². The fraction of sp³-hybridized carbons (Fsp3) is 0.900. The molecule has 0 aliphatic carbocycles. The Bertz CT molecular complexity index is 342. The molecule has 0 saturated carbocycles. The lowest BCUT2D eigenvalue weighted by Gasteiger charge is -2.22. The van der Waals surface area contributed by atoms with Gasteiger partial charge in [-0.25, -0.2) is 0 Å². The summed E-state index contributed by atoms with van der Waals surface area (Å²) in [7, 11) is 0. The van der Waals surface area contributed by atoms with Gasteiger partial charge in [0.1, 0.15) is 0 Å². The number of unbranched alkanes of at least 4 members (excludes halogenated alkanes) is 7. The maximum Gasteiger partial charge on any atom is 0.229 e. The molecule has 0 aromatic heterocycles. The molecular formula is C20H38N2O2. The summed E-state index contributed by atoms with van der Waals surface area (Å²) in [6, 6.07) is 0.439. The van der Waals surface area contributed by atoms with Crippen molar-refractivity contribution in [2.75, 3.05) is 13.1 Å². The Kier molecular flexibility index (Phi) is 11.8. The first-order chi connectivity index (χ1) is 11.7. The third-order valence-electron chi connectivity index (χ3n) is 4.98. The highest BCUT2D eigenvalue weighted by molar-refractivity contribution is 6.01. The SMILES string of the molecule is CCCCCCCNC(CCCCCC)CCN1C(=O)CCC1=O. The van der Waals surface area contributed by atoms with E-state index in [2.05, 4.69) is 19.2 Å². The Morgan fingerprint density at radius 2 is 1.42 bits per heavy atom. The summed E-state index contributed by atoms with van der Waals surface area (Å²) in [6.07, 6.45) is 14.4. The van der Waals surface area contributed by atoms with E-state index in [1.165, 1.54) is 62.7 Å².